The van der Waals surface area contributed by atoms with E-state index in [1.54, 1.807) is 0 Å². The Bertz CT molecular complexity index is 464. The summed E-state index contributed by atoms with van der Waals surface area (Å²) in [5, 5.41) is 0. The van der Waals surface area contributed by atoms with Crippen molar-refractivity contribution in [3.63, 3.8) is 0 Å². The molecule has 0 bridgehead atoms. The topological polar surface area (TPSA) is 43.4 Å². The molecule has 0 N–H and O–H groups in total. The molecule has 0 unspecified atom stereocenters. The minimum Gasteiger partial charge on any atom is -0.495 e. The molecule has 0 atom stereocenters. The van der Waals surface area contributed by atoms with Crippen molar-refractivity contribution in [1.82, 2.24) is 0 Å². The van der Waals surface area contributed by atoms with E-state index in [2.05, 4.69) is 4.74 Å². The van der Waals surface area contributed by atoms with Gasteiger partial charge in [-0.25, -0.2) is 0 Å². The van der Waals surface area contributed by atoms with Gasteiger partial charge < -0.3 is 4.74 Å². The van der Waals surface area contributed by atoms with Crippen molar-refractivity contribution < 1.29 is 27.5 Å². The average Bonchev–Trinajstić information content (AvgIpc) is 2.25. The maximum Gasteiger partial charge on any atom is 0.420 e. The molecule has 0 aliphatic rings. The minimum absolute atomic E-state index is 0.180. The number of carbonyl (C=O) groups excluding carboxylic acids is 2. The van der Waals surface area contributed by atoms with Gasteiger partial charge in [0.15, 0.2) is 12.1 Å². The second-order valence-corrected chi connectivity index (χ2v) is 3.32. The number of halogens is 3. The zero-order chi connectivity index (χ0) is 13.2. The Morgan fingerprint density at radius 2 is 1.94 bits per heavy atom. The third-order valence-electron chi connectivity index (χ3n) is 2.16. The zero-order valence-corrected chi connectivity index (χ0v) is 9.09. The van der Waals surface area contributed by atoms with E-state index >= 15 is 0 Å². The van der Waals surface area contributed by atoms with Crippen LogP contribution in [0.15, 0.2) is 12.1 Å². The quantitative estimate of drug-likeness (QED) is 0.608. The summed E-state index contributed by atoms with van der Waals surface area (Å²) in [4.78, 5) is 21.7. The van der Waals surface area contributed by atoms with Crippen LogP contribution in [0.1, 0.15) is 33.2 Å². The average molecular weight is 246 g/mol. The highest BCUT2D eigenvalue weighted by Gasteiger charge is 2.36. The van der Waals surface area contributed by atoms with E-state index in [0.717, 1.165) is 20.1 Å². The standard InChI is InChI=1S/C11H9F3O3/c1-6(16)7-3-8(5-15)10(17-2)9(4-7)11(12,13)14/h3-5H,1-2H3. The summed E-state index contributed by atoms with van der Waals surface area (Å²) in [7, 11) is 1.03. The molecule has 0 aliphatic heterocycles. The predicted octanol–water partition coefficient (Wildman–Crippen LogP) is 2.73. The van der Waals surface area contributed by atoms with Crippen molar-refractivity contribution >= 4 is 12.1 Å². The molecule has 17 heavy (non-hydrogen) atoms. The van der Waals surface area contributed by atoms with Crippen LogP contribution in [0.2, 0.25) is 0 Å². The summed E-state index contributed by atoms with van der Waals surface area (Å²) < 4.78 is 42.6. The SMILES string of the molecule is COc1c(C=O)cc(C(C)=O)cc1C(F)(F)F. The molecule has 1 aromatic carbocycles. The second-order valence-electron chi connectivity index (χ2n) is 3.32. The van der Waals surface area contributed by atoms with Gasteiger partial charge in [-0.3, -0.25) is 9.59 Å². The van der Waals surface area contributed by atoms with Crippen LogP contribution < -0.4 is 4.74 Å². The molecule has 0 fully saturated rings. The van der Waals surface area contributed by atoms with E-state index in [4.69, 9.17) is 0 Å². The number of ketones is 1. The molecule has 6 heteroatoms. The molecule has 0 aromatic heterocycles. The molecular weight excluding hydrogens is 237 g/mol. The lowest BCUT2D eigenvalue weighted by molar-refractivity contribution is -0.138. The normalized spacial score (nSPS) is 11.1. The maximum absolute atomic E-state index is 12.7. The van der Waals surface area contributed by atoms with Crippen LogP contribution >= 0.6 is 0 Å². The van der Waals surface area contributed by atoms with Crippen LogP contribution in [0.25, 0.3) is 0 Å². The molecule has 0 radical (unpaired) electrons. The molecule has 0 amide bonds. The summed E-state index contributed by atoms with van der Waals surface area (Å²) in [6.07, 6.45) is -4.46. The van der Waals surface area contributed by atoms with Gasteiger partial charge in [-0.15, -0.1) is 0 Å². The summed E-state index contributed by atoms with van der Waals surface area (Å²) >= 11 is 0. The largest absolute Gasteiger partial charge is 0.495 e. The molecule has 0 spiro atoms. The van der Waals surface area contributed by atoms with Crippen molar-refractivity contribution in [3.05, 3.63) is 28.8 Å². The number of aldehydes is 1. The Labute approximate surface area is 95.2 Å². The first-order chi connectivity index (χ1) is 7.81. The minimum atomic E-state index is -4.69. The Morgan fingerprint density at radius 3 is 2.29 bits per heavy atom. The second kappa shape index (κ2) is 4.57. The number of alkyl halides is 3. The first kappa shape index (κ1) is 13.2. The highest BCUT2D eigenvalue weighted by Crippen LogP contribution is 2.38. The molecule has 1 rings (SSSR count). The number of rotatable bonds is 3. The lowest BCUT2D eigenvalue weighted by Crippen LogP contribution is -2.11. The van der Waals surface area contributed by atoms with Gasteiger partial charge in [0.2, 0.25) is 0 Å². The fraction of sp³-hybridized carbons (Fsp3) is 0.273. The van der Waals surface area contributed by atoms with Crippen molar-refractivity contribution in [2.24, 2.45) is 0 Å². The first-order valence-electron chi connectivity index (χ1n) is 4.56. The van der Waals surface area contributed by atoms with E-state index in [0.29, 0.717) is 6.07 Å². The molecular formula is C11H9F3O3. The summed E-state index contributed by atoms with van der Waals surface area (Å²) in [6.45, 7) is 1.12. The van der Waals surface area contributed by atoms with Crippen LogP contribution in [0, 0.1) is 0 Å². The van der Waals surface area contributed by atoms with Gasteiger partial charge in [0.1, 0.15) is 5.75 Å². The zero-order valence-electron chi connectivity index (χ0n) is 9.09. The van der Waals surface area contributed by atoms with Crippen LogP contribution in [-0.2, 0) is 6.18 Å². The summed E-state index contributed by atoms with van der Waals surface area (Å²) in [5.41, 5.74) is -1.61. The van der Waals surface area contributed by atoms with Gasteiger partial charge in [-0.05, 0) is 19.1 Å². The molecule has 1 aromatic rings. The smallest absolute Gasteiger partial charge is 0.420 e. The third-order valence-corrected chi connectivity index (χ3v) is 2.16. The fourth-order valence-corrected chi connectivity index (χ4v) is 1.38. The molecule has 0 aliphatic carbocycles. The lowest BCUT2D eigenvalue weighted by Gasteiger charge is -2.14. The highest BCUT2D eigenvalue weighted by molar-refractivity contribution is 5.97. The summed E-state index contributed by atoms with van der Waals surface area (Å²) in [6, 6.07) is 1.75. The van der Waals surface area contributed by atoms with Gasteiger partial charge in [0, 0.05) is 5.56 Å². The van der Waals surface area contributed by atoms with Crippen molar-refractivity contribution in [2.75, 3.05) is 7.11 Å². The van der Waals surface area contributed by atoms with Crippen LogP contribution in [0.5, 0.6) is 5.75 Å². The van der Waals surface area contributed by atoms with Crippen molar-refractivity contribution in [1.29, 1.82) is 0 Å². The molecule has 3 nitrogen and oxygen atoms in total. The van der Waals surface area contributed by atoms with Crippen LogP contribution in [-0.4, -0.2) is 19.2 Å². The van der Waals surface area contributed by atoms with E-state index in [-0.39, 0.29) is 17.4 Å². The van der Waals surface area contributed by atoms with Crippen molar-refractivity contribution in [3.8, 4) is 5.75 Å². The van der Waals surface area contributed by atoms with Crippen LogP contribution in [0.4, 0.5) is 13.2 Å². The Balaban J connectivity index is 3.59. The summed E-state index contributed by atoms with van der Waals surface area (Å²) in [5.74, 6) is -1.13. The molecule has 92 valence electrons. The number of hydrogen-bond acceptors (Lipinski definition) is 3. The fourth-order valence-electron chi connectivity index (χ4n) is 1.38. The van der Waals surface area contributed by atoms with Gasteiger partial charge >= 0.3 is 6.18 Å². The van der Waals surface area contributed by atoms with E-state index in [9.17, 15) is 22.8 Å². The number of benzene rings is 1. The molecule has 0 heterocycles. The van der Waals surface area contributed by atoms with Crippen LogP contribution in [0.3, 0.4) is 0 Å². The number of ether oxygens (including phenoxy) is 1. The Morgan fingerprint density at radius 1 is 1.35 bits per heavy atom. The Kier molecular flexibility index (Phi) is 3.55. The van der Waals surface area contributed by atoms with Gasteiger partial charge in [0.25, 0.3) is 0 Å². The van der Waals surface area contributed by atoms with Gasteiger partial charge in [0.05, 0.1) is 18.2 Å². The van der Waals surface area contributed by atoms with Crippen molar-refractivity contribution in [2.45, 2.75) is 13.1 Å². The lowest BCUT2D eigenvalue weighted by atomic mass is 10.0. The van der Waals surface area contributed by atoms with E-state index in [1.807, 2.05) is 0 Å². The third kappa shape index (κ3) is 2.64. The maximum atomic E-state index is 12.7. The first-order valence-corrected chi connectivity index (χ1v) is 4.56. The number of hydrogen-bond donors (Lipinski definition) is 0. The van der Waals surface area contributed by atoms with E-state index < -0.39 is 23.3 Å². The Hall–Kier alpha value is -1.85. The highest BCUT2D eigenvalue weighted by atomic mass is 19.4. The number of methoxy groups -OCH3 is 1. The van der Waals surface area contributed by atoms with E-state index in [1.165, 1.54) is 0 Å². The van der Waals surface area contributed by atoms with Gasteiger partial charge in [-0.2, -0.15) is 13.2 Å². The number of carbonyl (C=O) groups is 2. The van der Waals surface area contributed by atoms with Gasteiger partial charge in [-0.1, -0.05) is 0 Å². The molecule has 0 saturated heterocycles. The number of Topliss-reactive ketones (excluding diaryl/α,β-unsaturated/α-hetero) is 1. The molecule has 0 saturated carbocycles. The predicted molar refractivity (Wildman–Crippen MR) is 53.4 cm³/mol. The monoisotopic (exact) mass is 246 g/mol.